The highest BCUT2D eigenvalue weighted by molar-refractivity contribution is 5.58. The van der Waals surface area contributed by atoms with Crippen molar-refractivity contribution in [3.8, 4) is 11.5 Å². The van der Waals surface area contributed by atoms with Gasteiger partial charge in [-0.3, -0.25) is 0 Å². The van der Waals surface area contributed by atoms with E-state index in [0.717, 1.165) is 54.5 Å². The van der Waals surface area contributed by atoms with E-state index in [-0.39, 0.29) is 11.5 Å². The van der Waals surface area contributed by atoms with E-state index in [1.165, 1.54) is 5.56 Å². The number of rotatable bonds is 4. The highest BCUT2D eigenvalue weighted by Gasteiger charge is 2.34. The van der Waals surface area contributed by atoms with Crippen LogP contribution in [0.3, 0.4) is 0 Å². The van der Waals surface area contributed by atoms with Crippen LogP contribution in [0, 0.1) is 33.6 Å². The second-order valence-corrected chi connectivity index (χ2v) is 6.95. The Kier molecular flexibility index (Phi) is 4.55. The minimum atomic E-state index is -0.109. The molecule has 1 aromatic carbocycles. The first-order valence-corrected chi connectivity index (χ1v) is 8.01. The summed E-state index contributed by atoms with van der Waals surface area (Å²) >= 11 is 0. The molecule has 2 rings (SSSR count). The molecule has 0 fully saturated rings. The molecule has 0 saturated heterocycles. The van der Waals surface area contributed by atoms with E-state index < -0.39 is 0 Å². The summed E-state index contributed by atoms with van der Waals surface area (Å²) < 4.78 is 6.40. The van der Waals surface area contributed by atoms with Crippen LogP contribution in [-0.4, -0.2) is 10.7 Å². The Labute approximate surface area is 129 Å². The molecule has 1 aromatic rings. The van der Waals surface area contributed by atoms with E-state index in [0.29, 0.717) is 5.75 Å². The van der Waals surface area contributed by atoms with Gasteiger partial charge in [0.1, 0.15) is 17.1 Å². The van der Waals surface area contributed by atoms with Gasteiger partial charge in [0, 0.05) is 5.56 Å². The van der Waals surface area contributed by atoms with Crippen LogP contribution in [0.2, 0.25) is 0 Å². The van der Waals surface area contributed by atoms with Crippen molar-refractivity contribution in [1.29, 1.82) is 0 Å². The van der Waals surface area contributed by atoms with Crippen LogP contribution in [0.15, 0.2) is 0 Å². The maximum Gasteiger partial charge on any atom is 0.127 e. The molecule has 1 aliphatic heterocycles. The highest BCUT2D eigenvalue weighted by atomic mass is 16.5. The van der Waals surface area contributed by atoms with Gasteiger partial charge in [0.05, 0.1) is 0 Å². The second kappa shape index (κ2) is 5.90. The van der Waals surface area contributed by atoms with Gasteiger partial charge in [0.25, 0.3) is 0 Å². The van der Waals surface area contributed by atoms with E-state index in [1.54, 1.807) is 0 Å². The molecule has 2 heteroatoms. The number of ether oxygens (including phenoxy) is 1. The molecule has 0 aliphatic carbocycles. The second-order valence-electron chi connectivity index (χ2n) is 6.95. The van der Waals surface area contributed by atoms with Crippen molar-refractivity contribution in [2.45, 2.75) is 72.3 Å². The molecule has 0 amide bonds. The molecule has 2 unspecified atom stereocenters. The molecule has 2 nitrogen and oxygen atoms in total. The summed E-state index contributed by atoms with van der Waals surface area (Å²) in [4.78, 5) is 0. The van der Waals surface area contributed by atoms with Crippen LogP contribution in [-0.2, 0) is 6.42 Å². The van der Waals surface area contributed by atoms with E-state index in [2.05, 4.69) is 13.8 Å². The van der Waals surface area contributed by atoms with Crippen LogP contribution in [0.4, 0.5) is 0 Å². The molecule has 0 saturated carbocycles. The molecule has 1 heterocycles. The fourth-order valence-electron chi connectivity index (χ4n) is 3.27. The maximum atomic E-state index is 10.2. The lowest BCUT2D eigenvalue weighted by Gasteiger charge is -2.38. The summed E-state index contributed by atoms with van der Waals surface area (Å²) in [5.41, 5.74) is 4.06. The van der Waals surface area contributed by atoms with Crippen molar-refractivity contribution in [2.24, 2.45) is 5.92 Å². The zero-order valence-corrected chi connectivity index (χ0v) is 14.0. The van der Waals surface area contributed by atoms with E-state index in [9.17, 15) is 5.11 Å². The number of phenolic OH excluding ortho intramolecular Hbond substituents is 1. The summed E-state index contributed by atoms with van der Waals surface area (Å²) in [5.74, 6) is 1.68. The van der Waals surface area contributed by atoms with Gasteiger partial charge in [0.15, 0.2) is 0 Å². The Hall–Kier alpha value is -1.18. The quantitative estimate of drug-likeness (QED) is 0.852. The van der Waals surface area contributed by atoms with Gasteiger partial charge >= 0.3 is 0 Å². The van der Waals surface area contributed by atoms with Crippen molar-refractivity contribution in [3.63, 3.8) is 0 Å². The first kappa shape index (κ1) is 16.2. The maximum absolute atomic E-state index is 10.2. The minimum absolute atomic E-state index is 0.109. The van der Waals surface area contributed by atoms with Gasteiger partial charge in [-0.15, -0.1) is 0 Å². The lowest BCUT2D eigenvalue weighted by atomic mass is 9.84. The molecule has 1 N–H and O–H groups in total. The lowest BCUT2D eigenvalue weighted by Crippen LogP contribution is -2.37. The summed E-state index contributed by atoms with van der Waals surface area (Å²) in [6, 6.07) is 0. The molecule has 2 atom stereocenters. The Morgan fingerprint density at radius 3 is 2.52 bits per heavy atom. The molecular formula is C19H28O2. The van der Waals surface area contributed by atoms with E-state index in [1.807, 2.05) is 20.8 Å². The van der Waals surface area contributed by atoms with Crippen molar-refractivity contribution >= 4 is 0 Å². The Bertz CT molecular complexity index is 531. The van der Waals surface area contributed by atoms with Crippen molar-refractivity contribution in [1.82, 2.24) is 0 Å². The Morgan fingerprint density at radius 1 is 1.24 bits per heavy atom. The lowest BCUT2D eigenvalue weighted by molar-refractivity contribution is 0.0517. The minimum Gasteiger partial charge on any atom is -0.507 e. The number of benzene rings is 1. The van der Waals surface area contributed by atoms with Crippen molar-refractivity contribution < 1.29 is 9.84 Å². The van der Waals surface area contributed by atoms with Crippen molar-refractivity contribution in [2.75, 3.05) is 0 Å². The third kappa shape index (κ3) is 3.20. The van der Waals surface area contributed by atoms with E-state index in [4.69, 9.17) is 11.7 Å². The van der Waals surface area contributed by atoms with Gasteiger partial charge in [0.2, 0.25) is 0 Å². The third-order valence-electron chi connectivity index (χ3n) is 4.96. The van der Waals surface area contributed by atoms with Gasteiger partial charge < -0.3 is 9.84 Å². The zero-order valence-electron chi connectivity index (χ0n) is 14.0. The molecule has 0 aromatic heterocycles. The summed E-state index contributed by atoms with van der Waals surface area (Å²) in [7, 11) is 0. The first-order chi connectivity index (χ1) is 9.75. The molecule has 21 heavy (non-hydrogen) atoms. The van der Waals surface area contributed by atoms with Crippen LogP contribution < -0.4 is 4.74 Å². The van der Waals surface area contributed by atoms with Gasteiger partial charge in [-0.2, -0.15) is 0 Å². The Morgan fingerprint density at radius 2 is 1.90 bits per heavy atom. The molecular weight excluding hydrogens is 260 g/mol. The topological polar surface area (TPSA) is 29.5 Å². The summed E-state index contributed by atoms with van der Waals surface area (Å²) in [6.07, 6.45) is 5.15. The average Bonchev–Trinajstić information content (AvgIpc) is 2.42. The predicted octanol–water partition coefficient (Wildman–Crippen LogP) is 4.92. The number of fused-ring (bicyclic) bond motifs is 1. The monoisotopic (exact) mass is 288 g/mol. The number of hydrogen-bond acceptors (Lipinski definition) is 2. The fraction of sp³-hybridized carbons (Fsp3) is 0.632. The standard InChI is InChI=1S/C19H28O2/c1-12(2)8-7-10-19(6)11-9-16-15(5)17(20)13(3)14(4)18(16)21-19/h1,12,20H,7-11H2,2-6H3. The molecule has 116 valence electrons. The number of phenols is 1. The number of hydrogen-bond donors (Lipinski definition) is 1. The average molecular weight is 288 g/mol. The molecule has 0 bridgehead atoms. The third-order valence-corrected chi connectivity index (χ3v) is 4.96. The zero-order chi connectivity index (χ0) is 15.8. The van der Waals surface area contributed by atoms with Crippen molar-refractivity contribution in [3.05, 3.63) is 29.2 Å². The molecule has 0 spiro atoms. The van der Waals surface area contributed by atoms with Crippen LogP contribution >= 0.6 is 0 Å². The predicted molar refractivity (Wildman–Crippen MR) is 87.0 cm³/mol. The fourth-order valence-corrected chi connectivity index (χ4v) is 3.27. The SMILES string of the molecule is [CH]C(C)CCCC1(C)CCc2c(C)c(O)c(C)c(C)c2O1. The van der Waals surface area contributed by atoms with Crippen LogP contribution in [0.25, 0.3) is 0 Å². The Balaban J connectivity index is 2.24. The summed E-state index contributed by atoms with van der Waals surface area (Å²) in [5, 5.41) is 10.2. The summed E-state index contributed by atoms with van der Waals surface area (Å²) in [6.45, 7) is 16.1. The first-order valence-electron chi connectivity index (χ1n) is 8.01. The number of aromatic hydroxyl groups is 1. The smallest absolute Gasteiger partial charge is 0.127 e. The van der Waals surface area contributed by atoms with Crippen LogP contribution in [0.5, 0.6) is 11.5 Å². The highest BCUT2D eigenvalue weighted by Crippen LogP contribution is 2.44. The van der Waals surface area contributed by atoms with Crippen LogP contribution in [0.1, 0.15) is 61.8 Å². The normalized spacial score (nSPS) is 21.3. The molecule has 1 aliphatic rings. The van der Waals surface area contributed by atoms with Gasteiger partial charge in [-0.1, -0.05) is 13.3 Å². The van der Waals surface area contributed by atoms with Gasteiger partial charge in [-0.25, -0.2) is 0 Å². The largest absolute Gasteiger partial charge is 0.507 e. The molecule has 2 radical (unpaired) electrons. The van der Waals surface area contributed by atoms with E-state index >= 15 is 0 Å². The van der Waals surface area contributed by atoms with Gasteiger partial charge in [-0.05, 0) is 82.9 Å².